The van der Waals surface area contributed by atoms with Gasteiger partial charge in [0.1, 0.15) is 5.82 Å². The zero-order valence-electron chi connectivity index (χ0n) is 15.9. The second-order valence-corrected chi connectivity index (χ2v) is 7.20. The minimum Gasteiger partial charge on any atom is -0.348 e. The first-order valence-electron chi connectivity index (χ1n) is 8.26. The Morgan fingerprint density at radius 3 is 2.44 bits per heavy atom. The zero-order valence-corrected chi connectivity index (χ0v) is 15.9. The Kier molecular flexibility index (Phi) is 6.94. The van der Waals surface area contributed by atoms with Crippen LogP contribution in [0.15, 0.2) is 61.0 Å². The molecule has 0 aliphatic heterocycles. The molecule has 0 aliphatic rings. The SMILES string of the molecule is C=CN(CC(C)(C)C)/C(=C/C(=C\C)c1c(F)cccc1C#N)C(=C)C. The number of rotatable bonds is 6. The minimum atomic E-state index is -0.412. The summed E-state index contributed by atoms with van der Waals surface area (Å²) in [7, 11) is 0. The molecule has 1 rings (SSSR count). The summed E-state index contributed by atoms with van der Waals surface area (Å²) >= 11 is 0. The Balaban J connectivity index is 3.50. The van der Waals surface area contributed by atoms with Gasteiger partial charge in [0.2, 0.25) is 0 Å². The first-order valence-corrected chi connectivity index (χ1v) is 8.26. The van der Waals surface area contributed by atoms with Crippen LogP contribution in [0, 0.1) is 22.6 Å². The Labute approximate surface area is 151 Å². The molecule has 0 aromatic heterocycles. The number of hydrogen-bond donors (Lipinski definition) is 0. The maximum absolute atomic E-state index is 14.4. The summed E-state index contributed by atoms with van der Waals surface area (Å²) in [6, 6.07) is 6.61. The summed E-state index contributed by atoms with van der Waals surface area (Å²) in [6.45, 7) is 18.9. The van der Waals surface area contributed by atoms with Crippen molar-refractivity contribution in [3.05, 3.63) is 77.9 Å². The molecule has 0 amide bonds. The van der Waals surface area contributed by atoms with Crippen LogP contribution < -0.4 is 0 Å². The fraction of sp³-hybridized carbons (Fsp3) is 0.318. The molecule has 0 heterocycles. The first kappa shape index (κ1) is 20.4. The van der Waals surface area contributed by atoms with E-state index in [0.29, 0.717) is 16.7 Å². The summed E-state index contributed by atoms with van der Waals surface area (Å²) in [5.74, 6) is -0.412. The van der Waals surface area contributed by atoms with Gasteiger partial charge in [-0.3, -0.25) is 0 Å². The van der Waals surface area contributed by atoms with Crippen molar-refractivity contribution in [3.63, 3.8) is 0 Å². The van der Waals surface area contributed by atoms with Crippen molar-refractivity contribution < 1.29 is 4.39 Å². The van der Waals surface area contributed by atoms with Crippen LogP contribution in [0.3, 0.4) is 0 Å². The van der Waals surface area contributed by atoms with Gasteiger partial charge in [0.25, 0.3) is 0 Å². The first-order chi connectivity index (χ1) is 11.6. The van der Waals surface area contributed by atoms with Gasteiger partial charge in [-0.15, -0.1) is 0 Å². The molecule has 0 fully saturated rings. The largest absolute Gasteiger partial charge is 0.348 e. The van der Waals surface area contributed by atoms with E-state index >= 15 is 0 Å². The average Bonchev–Trinajstić information content (AvgIpc) is 2.53. The lowest BCUT2D eigenvalue weighted by Crippen LogP contribution is -2.28. The highest BCUT2D eigenvalue weighted by atomic mass is 19.1. The van der Waals surface area contributed by atoms with E-state index in [1.54, 1.807) is 24.4 Å². The smallest absolute Gasteiger partial charge is 0.132 e. The van der Waals surface area contributed by atoms with Crippen LogP contribution in [0.1, 0.15) is 45.7 Å². The van der Waals surface area contributed by atoms with Gasteiger partial charge in [0, 0.05) is 17.8 Å². The average molecular weight is 338 g/mol. The lowest BCUT2D eigenvalue weighted by molar-refractivity contribution is 0.294. The quantitative estimate of drug-likeness (QED) is 0.590. The van der Waals surface area contributed by atoms with E-state index in [0.717, 1.165) is 17.8 Å². The van der Waals surface area contributed by atoms with Crippen LogP contribution in [0.2, 0.25) is 0 Å². The van der Waals surface area contributed by atoms with E-state index in [9.17, 15) is 9.65 Å². The highest BCUT2D eigenvalue weighted by Crippen LogP contribution is 2.29. The van der Waals surface area contributed by atoms with Crippen molar-refractivity contribution in [2.45, 2.75) is 34.6 Å². The van der Waals surface area contributed by atoms with Crippen molar-refractivity contribution in [3.8, 4) is 6.07 Å². The standard InChI is InChI=1S/C22H27FN2/c1-8-17(21-18(14-24)11-10-12-19(21)23)13-20(16(3)4)25(9-2)15-22(5,6)7/h8-13H,2-3,15H2,1,4-7H3/b17-8+,20-13+. The molecule has 0 bridgehead atoms. The molecule has 132 valence electrons. The maximum atomic E-state index is 14.4. The van der Waals surface area contributed by atoms with E-state index in [1.165, 1.54) is 6.07 Å². The monoisotopic (exact) mass is 338 g/mol. The summed E-state index contributed by atoms with van der Waals surface area (Å²) < 4.78 is 14.4. The summed E-state index contributed by atoms with van der Waals surface area (Å²) in [5, 5.41) is 9.33. The molecule has 0 spiro atoms. The Hall–Kier alpha value is -2.60. The van der Waals surface area contributed by atoms with Crippen LogP contribution in [0.25, 0.3) is 5.57 Å². The third-order valence-electron chi connectivity index (χ3n) is 3.64. The zero-order chi connectivity index (χ0) is 19.2. The highest BCUT2D eigenvalue weighted by Gasteiger charge is 2.19. The maximum Gasteiger partial charge on any atom is 0.132 e. The van der Waals surface area contributed by atoms with E-state index < -0.39 is 5.82 Å². The molecule has 2 nitrogen and oxygen atoms in total. The van der Waals surface area contributed by atoms with Crippen molar-refractivity contribution in [2.75, 3.05) is 6.54 Å². The molecule has 1 aromatic rings. The number of halogens is 1. The third-order valence-corrected chi connectivity index (χ3v) is 3.64. The van der Waals surface area contributed by atoms with E-state index in [2.05, 4.69) is 40.0 Å². The van der Waals surface area contributed by atoms with E-state index in [-0.39, 0.29) is 5.41 Å². The Morgan fingerprint density at radius 1 is 1.36 bits per heavy atom. The lowest BCUT2D eigenvalue weighted by atomic mass is 9.94. The molecule has 0 radical (unpaired) electrons. The summed E-state index contributed by atoms with van der Waals surface area (Å²) in [6.07, 6.45) is 5.43. The van der Waals surface area contributed by atoms with Crippen molar-refractivity contribution in [1.29, 1.82) is 5.26 Å². The van der Waals surface area contributed by atoms with Gasteiger partial charge in [-0.05, 0) is 54.8 Å². The van der Waals surface area contributed by atoms with Gasteiger partial charge in [-0.1, -0.05) is 46.1 Å². The Bertz CT molecular complexity index is 755. The van der Waals surface area contributed by atoms with Crippen LogP contribution in [0.5, 0.6) is 0 Å². The van der Waals surface area contributed by atoms with E-state index in [4.69, 9.17) is 0 Å². The second-order valence-electron chi connectivity index (χ2n) is 7.20. The fourth-order valence-electron chi connectivity index (χ4n) is 2.57. The third kappa shape index (κ3) is 5.46. The van der Waals surface area contributed by atoms with E-state index in [1.807, 2.05) is 24.8 Å². The van der Waals surface area contributed by atoms with Crippen molar-refractivity contribution in [1.82, 2.24) is 4.90 Å². The topological polar surface area (TPSA) is 27.0 Å². The fourth-order valence-corrected chi connectivity index (χ4v) is 2.57. The summed E-state index contributed by atoms with van der Waals surface area (Å²) in [4.78, 5) is 2.01. The second kappa shape index (κ2) is 8.48. The van der Waals surface area contributed by atoms with Crippen molar-refractivity contribution in [2.24, 2.45) is 5.41 Å². The number of nitrogens with zero attached hydrogens (tertiary/aromatic N) is 2. The van der Waals surface area contributed by atoms with Crippen LogP contribution in [-0.4, -0.2) is 11.4 Å². The van der Waals surface area contributed by atoms with Crippen molar-refractivity contribution >= 4 is 5.57 Å². The van der Waals surface area contributed by atoms with Gasteiger partial charge in [0.05, 0.1) is 11.6 Å². The van der Waals surface area contributed by atoms with Gasteiger partial charge >= 0.3 is 0 Å². The molecule has 0 atom stereocenters. The summed E-state index contributed by atoms with van der Waals surface area (Å²) in [5.41, 5.74) is 3.02. The lowest BCUT2D eigenvalue weighted by Gasteiger charge is -2.31. The number of nitriles is 1. The molecular formula is C22H27FN2. The minimum absolute atomic E-state index is 0.0502. The van der Waals surface area contributed by atoms with Gasteiger partial charge in [-0.2, -0.15) is 5.26 Å². The predicted octanol–water partition coefficient (Wildman–Crippen LogP) is 6.05. The van der Waals surface area contributed by atoms with Crippen LogP contribution >= 0.6 is 0 Å². The van der Waals surface area contributed by atoms with Gasteiger partial charge < -0.3 is 4.90 Å². The molecule has 0 saturated carbocycles. The molecule has 3 heteroatoms. The molecule has 1 aromatic carbocycles. The van der Waals surface area contributed by atoms with Crippen LogP contribution in [-0.2, 0) is 0 Å². The number of allylic oxidation sites excluding steroid dienone is 4. The molecular weight excluding hydrogens is 311 g/mol. The van der Waals surface area contributed by atoms with Crippen LogP contribution in [0.4, 0.5) is 4.39 Å². The Morgan fingerprint density at radius 2 is 2.00 bits per heavy atom. The molecule has 0 saturated heterocycles. The highest BCUT2D eigenvalue weighted by molar-refractivity contribution is 5.79. The molecule has 25 heavy (non-hydrogen) atoms. The normalized spacial score (nSPS) is 12.5. The number of hydrogen-bond acceptors (Lipinski definition) is 2. The molecule has 0 N–H and O–H groups in total. The number of benzene rings is 1. The molecule has 0 unspecified atom stereocenters. The molecule has 0 aliphatic carbocycles. The van der Waals surface area contributed by atoms with Gasteiger partial charge in [-0.25, -0.2) is 4.39 Å². The van der Waals surface area contributed by atoms with Gasteiger partial charge in [0.15, 0.2) is 0 Å². The predicted molar refractivity (Wildman–Crippen MR) is 104 cm³/mol.